The third-order valence-electron chi connectivity index (χ3n) is 3.11. The second-order valence-corrected chi connectivity index (χ2v) is 4.72. The summed E-state index contributed by atoms with van der Waals surface area (Å²) in [6.07, 6.45) is -4.82. The molecule has 2 rings (SSSR count). The van der Waals surface area contributed by atoms with Crippen LogP contribution in [0.15, 0.2) is 18.2 Å². The van der Waals surface area contributed by atoms with Crippen LogP contribution < -0.4 is 10.5 Å². The maximum absolute atomic E-state index is 12.3. The minimum atomic E-state index is -4.82. The first-order chi connectivity index (χ1) is 9.78. The molecule has 0 aromatic heterocycles. The first-order valence-electron chi connectivity index (χ1n) is 6.32. The molecule has 1 heterocycles. The fourth-order valence-corrected chi connectivity index (χ4v) is 2.09. The number of anilines is 1. The Morgan fingerprint density at radius 3 is 2.76 bits per heavy atom. The van der Waals surface area contributed by atoms with E-state index in [2.05, 4.69) is 4.74 Å². The number of nitrogen functional groups attached to an aromatic ring is 1. The van der Waals surface area contributed by atoms with Crippen molar-refractivity contribution >= 4 is 11.6 Å². The second-order valence-electron chi connectivity index (χ2n) is 4.72. The number of rotatable bonds is 2. The molecule has 0 spiro atoms. The Hall–Kier alpha value is -1.96. The highest BCUT2D eigenvalue weighted by atomic mass is 19.4. The van der Waals surface area contributed by atoms with Gasteiger partial charge in [-0.1, -0.05) is 0 Å². The first kappa shape index (κ1) is 15.4. The number of hydrogen-bond donors (Lipinski definition) is 1. The summed E-state index contributed by atoms with van der Waals surface area (Å²) in [4.78, 5) is 13.9. The molecule has 0 saturated carbocycles. The summed E-state index contributed by atoms with van der Waals surface area (Å²) in [6, 6.07) is 3.40. The normalized spacial score (nSPS) is 19.4. The Morgan fingerprint density at radius 1 is 1.48 bits per heavy atom. The molecule has 1 saturated heterocycles. The standard InChI is InChI=1S/C13H15F3N2O3/c1-8-7-20-5-4-18(8)12(19)9-2-3-11(10(17)6-9)21-13(14,15)16/h2-3,6,8H,4-5,7,17H2,1H3/t8-/m1/s1. The number of nitrogens with two attached hydrogens (primary N) is 1. The fraction of sp³-hybridized carbons (Fsp3) is 0.462. The van der Waals surface area contributed by atoms with Crippen LogP contribution >= 0.6 is 0 Å². The number of nitrogens with zero attached hydrogens (tertiary/aromatic N) is 1. The zero-order chi connectivity index (χ0) is 15.6. The van der Waals surface area contributed by atoms with Crippen molar-refractivity contribution < 1.29 is 27.4 Å². The number of ether oxygens (including phenoxy) is 2. The third kappa shape index (κ3) is 3.78. The Morgan fingerprint density at radius 2 is 2.19 bits per heavy atom. The number of carbonyl (C=O) groups excluding carboxylic acids is 1. The highest BCUT2D eigenvalue weighted by Gasteiger charge is 2.32. The number of amides is 1. The second kappa shape index (κ2) is 5.80. The molecule has 5 nitrogen and oxygen atoms in total. The van der Waals surface area contributed by atoms with E-state index < -0.39 is 12.1 Å². The maximum atomic E-state index is 12.3. The largest absolute Gasteiger partial charge is 0.573 e. The van der Waals surface area contributed by atoms with Crippen LogP contribution in [0.4, 0.5) is 18.9 Å². The van der Waals surface area contributed by atoms with Gasteiger partial charge in [-0.2, -0.15) is 0 Å². The SMILES string of the molecule is C[C@@H]1COCCN1C(=O)c1ccc(OC(F)(F)F)c(N)c1. The molecule has 1 aromatic rings. The number of hydrogen-bond acceptors (Lipinski definition) is 4. The molecule has 1 aliphatic rings. The van der Waals surface area contributed by atoms with Gasteiger partial charge in [0.2, 0.25) is 0 Å². The van der Waals surface area contributed by atoms with E-state index in [1.54, 1.807) is 4.90 Å². The molecule has 0 aliphatic carbocycles. The van der Waals surface area contributed by atoms with Gasteiger partial charge in [0.05, 0.1) is 24.9 Å². The van der Waals surface area contributed by atoms with Crippen molar-refractivity contribution in [2.75, 3.05) is 25.5 Å². The lowest BCUT2D eigenvalue weighted by Crippen LogP contribution is -2.47. The number of halogens is 3. The molecule has 1 fully saturated rings. The Bertz CT molecular complexity index is 534. The molecular weight excluding hydrogens is 289 g/mol. The minimum Gasteiger partial charge on any atom is -0.404 e. The summed E-state index contributed by atoms with van der Waals surface area (Å²) in [5.41, 5.74) is 5.49. The van der Waals surface area contributed by atoms with Crippen LogP contribution in [0.1, 0.15) is 17.3 Å². The molecule has 116 valence electrons. The van der Waals surface area contributed by atoms with E-state index in [1.165, 1.54) is 12.1 Å². The monoisotopic (exact) mass is 304 g/mol. The topological polar surface area (TPSA) is 64.8 Å². The van der Waals surface area contributed by atoms with Gasteiger partial charge in [0.15, 0.2) is 5.75 Å². The highest BCUT2D eigenvalue weighted by Crippen LogP contribution is 2.29. The summed E-state index contributed by atoms with van der Waals surface area (Å²) in [6.45, 7) is 3.12. The molecule has 0 unspecified atom stereocenters. The molecule has 1 amide bonds. The van der Waals surface area contributed by atoms with Crippen LogP contribution in [-0.2, 0) is 4.74 Å². The molecule has 8 heteroatoms. The molecule has 1 aromatic carbocycles. The van der Waals surface area contributed by atoms with Gasteiger partial charge in [-0.3, -0.25) is 4.79 Å². The lowest BCUT2D eigenvalue weighted by atomic mass is 10.1. The average Bonchev–Trinajstić information content (AvgIpc) is 2.39. The quantitative estimate of drug-likeness (QED) is 0.849. The van der Waals surface area contributed by atoms with E-state index in [4.69, 9.17) is 10.5 Å². The lowest BCUT2D eigenvalue weighted by molar-refractivity contribution is -0.274. The molecule has 1 atom stereocenters. The van der Waals surface area contributed by atoms with Crippen LogP contribution in [0.25, 0.3) is 0 Å². The van der Waals surface area contributed by atoms with Crippen LogP contribution in [-0.4, -0.2) is 43.0 Å². The van der Waals surface area contributed by atoms with Crippen molar-refractivity contribution in [3.63, 3.8) is 0 Å². The summed E-state index contributed by atoms with van der Waals surface area (Å²) in [7, 11) is 0. The Labute approximate surface area is 119 Å². The van der Waals surface area contributed by atoms with Gasteiger partial charge in [-0.15, -0.1) is 13.2 Å². The van der Waals surface area contributed by atoms with Crippen molar-refractivity contribution in [2.45, 2.75) is 19.3 Å². The van der Waals surface area contributed by atoms with Gasteiger partial charge in [0.1, 0.15) is 0 Å². The van der Waals surface area contributed by atoms with Gasteiger partial charge in [-0.25, -0.2) is 0 Å². The van der Waals surface area contributed by atoms with E-state index >= 15 is 0 Å². The third-order valence-corrected chi connectivity index (χ3v) is 3.11. The molecule has 21 heavy (non-hydrogen) atoms. The molecule has 2 N–H and O–H groups in total. The van der Waals surface area contributed by atoms with E-state index in [1.807, 2.05) is 6.92 Å². The van der Waals surface area contributed by atoms with Crippen molar-refractivity contribution in [3.8, 4) is 5.75 Å². The van der Waals surface area contributed by atoms with Crippen molar-refractivity contribution in [2.24, 2.45) is 0 Å². The molecular formula is C13H15F3N2O3. The van der Waals surface area contributed by atoms with Crippen molar-refractivity contribution in [1.82, 2.24) is 4.90 Å². The van der Waals surface area contributed by atoms with Crippen LogP contribution in [0.5, 0.6) is 5.75 Å². The van der Waals surface area contributed by atoms with Crippen molar-refractivity contribution in [1.29, 1.82) is 0 Å². The van der Waals surface area contributed by atoms with Gasteiger partial charge in [0, 0.05) is 12.1 Å². The zero-order valence-corrected chi connectivity index (χ0v) is 11.3. The summed E-state index contributed by atoms with van der Waals surface area (Å²) < 4.78 is 45.5. The number of carbonyl (C=O) groups is 1. The van der Waals surface area contributed by atoms with Gasteiger partial charge >= 0.3 is 6.36 Å². The average molecular weight is 304 g/mol. The van der Waals surface area contributed by atoms with Crippen LogP contribution in [0.3, 0.4) is 0 Å². The van der Waals surface area contributed by atoms with Crippen LogP contribution in [0, 0.1) is 0 Å². The maximum Gasteiger partial charge on any atom is 0.573 e. The number of morpholine rings is 1. The van der Waals surface area contributed by atoms with Crippen molar-refractivity contribution in [3.05, 3.63) is 23.8 Å². The highest BCUT2D eigenvalue weighted by molar-refractivity contribution is 5.95. The molecule has 0 bridgehead atoms. The van der Waals surface area contributed by atoms with E-state index in [0.717, 1.165) is 6.07 Å². The zero-order valence-electron chi connectivity index (χ0n) is 11.3. The Balaban J connectivity index is 2.17. The fourth-order valence-electron chi connectivity index (χ4n) is 2.09. The summed E-state index contributed by atoms with van der Waals surface area (Å²) >= 11 is 0. The van der Waals surface area contributed by atoms with Crippen LogP contribution in [0.2, 0.25) is 0 Å². The summed E-state index contributed by atoms with van der Waals surface area (Å²) in [5.74, 6) is -0.815. The summed E-state index contributed by atoms with van der Waals surface area (Å²) in [5, 5.41) is 0. The molecule has 1 aliphatic heterocycles. The minimum absolute atomic E-state index is 0.0985. The Kier molecular flexibility index (Phi) is 4.26. The van der Waals surface area contributed by atoms with E-state index in [-0.39, 0.29) is 23.2 Å². The van der Waals surface area contributed by atoms with Gasteiger partial charge < -0.3 is 20.1 Å². The predicted octanol–water partition coefficient (Wildman–Crippen LogP) is 2.03. The van der Waals surface area contributed by atoms with E-state index in [9.17, 15) is 18.0 Å². The molecule has 0 radical (unpaired) electrons. The van der Waals surface area contributed by atoms with Gasteiger partial charge in [0.25, 0.3) is 5.91 Å². The van der Waals surface area contributed by atoms with Gasteiger partial charge in [-0.05, 0) is 25.1 Å². The smallest absolute Gasteiger partial charge is 0.404 e. The number of benzene rings is 1. The number of alkyl halides is 3. The van der Waals surface area contributed by atoms with E-state index in [0.29, 0.717) is 19.8 Å². The predicted molar refractivity (Wildman–Crippen MR) is 68.9 cm³/mol. The first-order valence-corrected chi connectivity index (χ1v) is 6.32. The lowest BCUT2D eigenvalue weighted by Gasteiger charge is -2.33.